The zero-order chi connectivity index (χ0) is 22.2. The van der Waals surface area contributed by atoms with E-state index in [4.69, 9.17) is 4.74 Å². The molecule has 0 amide bonds. The van der Waals surface area contributed by atoms with Gasteiger partial charge in [0.25, 0.3) is 0 Å². The van der Waals surface area contributed by atoms with Crippen LogP contribution in [0.1, 0.15) is 30.0 Å². The first-order valence-electron chi connectivity index (χ1n) is 9.27. The zero-order valence-corrected chi connectivity index (χ0v) is 16.8. The van der Waals surface area contributed by atoms with Gasteiger partial charge in [-0.2, -0.15) is 18.3 Å². The van der Waals surface area contributed by atoms with Crippen LogP contribution < -0.4 is 10.1 Å². The molecule has 31 heavy (non-hydrogen) atoms. The molecule has 8 nitrogen and oxygen atoms in total. The van der Waals surface area contributed by atoms with Crippen molar-refractivity contribution < 1.29 is 17.9 Å². The number of anilines is 1. The summed E-state index contributed by atoms with van der Waals surface area (Å²) >= 11 is 0. The summed E-state index contributed by atoms with van der Waals surface area (Å²) in [6, 6.07) is 5.16. The molecule has 0 aliphatic carbocycles. The maximum absolute atomic E-state index is 12.7. The number of nitrogens with one attached hydrogen (secondary N) is 1. The van der Waals surface area contributed by atoms with Crippen molar-refractivity contribution in [3.63, 3.8) is 0 Å². The number of benzene rings is 1. The van der Waals surface area contributed by atoms with E-state index in [0.29, 0.717) is 28.0 Å². The Bertz CT molecular complexity index is 1220. The van der Waals surface area contributed by atoms with Crippen LogP contribution in [0.15, 0.2) is 43.1 Å². The number of aromatic nitrogens is 6. The molecule has 0 aliphatic heterocycles. The van der Waals surface area contributed by atoms with Gasteiger partial charge in [0, 0.05) is 41.3 Å². The van der Waals surface area contributed by atoms with Crippen molar-refractivity contribution >= 4 is 16.7 Å². The first kappa shape index (κ1) is 20.5. The molecule has 0 radical (unpaired) electrons. The highest BCUT2D eigenvalue weighted by atomic mass is 19.4. The Kier molecular flexibility index (Phi) is 5.17. The molecule has 1 aromatic carbocycles. The van der Waals surface area contributed by atoms with Crippen LogP contribution in [-0.4, -0.2) is 36.8 Å². The Morgan fingerprint density at radius 1 is 1.10 bits per heavy atom. The predicted octanol–water partition coefficient (Wildman–Crippen LogP) is 4.11. The van der Waals surface area contributed by atoms with Crippen LogP contribution in [0.4, 0.5) is 19.0 Å². The van der Waals surface area contributed by atoms with E-state index >= 15 is 0 Å². The Labute approximate surface area is 175 Å². The Hall–Kier alpha value is -3.76. The van der Waals surface area contributed by atoms with E-state index in [9.17, 15) is 13.2 Å². The molecule has 11 heteroatoms. The number of aryl methyl sites for hydroxylation is 1. The molecule has 0 spiro atoms. The van der Waals surface area contributed by atoms with E-state index in [2.05, 4.69) is 30.4 Å². The van der Waals surface area contributed by atoms with Crippen LogP contribution in [0, 0.1) is 6.92 Å². The molecule has 4 aromatic rings. The van der Waals surface area contributed by atoms with Gasteiger partial charge in [0.05, 0.1) is 18.8 Å². The molecule has 0 saturated carbocycles. The van der Waals surface area contributed by atoms with Crippen molar-refractivity contribution in [2.24, 2.45) is 0 Å². The lowest BCUT2D eigenvalue weighted by molar-refractivity contribution is -0.145. The number of methoxy groups -OCH3 is 1. The third kappa shape index (κ3) is 3.98. The van der Waals surface area contributed by atoms with Crippen molar-refractivity contribution in [1.82, 2.24) is 29.7 Å². The zero-order valence-electron chi connectivity index (χ0n) is 16.8. The van der Waals surface area contributed by atoms with Crippen LogP contribution in [-0.2, 0) is 6.18 Å². The molecular formula is C20H18F3N7O. The summed E-state index contributed by atoms with van der Waals surface area (Å²) < 4.78 is 45.4. The summed E-state index contributed by atoms with van der Waals surface area (Å²) in [6.07, 6.45) is 0.795. The van der Waals surface area contributed by atoms with Crippen LogP contribution in [0.25, 0.3) is 16.6 Å². The average Bonchev–Trinajstić information content (AvgIpc) is 3.18. The van der Waals surface area contributed by atoms with Gasteiger partial charge >= 0.3 is 6.18 Å². The number of ether oxygens (including phenoxy) is 1. The van der Waals surface area contributed by atoms with E-state index < -0.39 is 18.0 Å². The highest BCUT2D eigenvalue weighted by Gasteiger charge is 2.34. The minimum Gasteiger partial charge on any atom is -0.494 e. The number of hydrogen-bond donors (Lipinski definition) is 1. The van der Waals surface area contributed by atoms with Crippen molar-refractivity contribution in [2.45, 2.75) is 26.1 Å². The quantitative estimate of drug-likeness (QED) is 0.510. The van der Waals surface area contributed by atoms with Crippen LogP contribution in [0.3, 0.4) is 0 Å². The molecule has 1 unspecified atom stereocenters. The highest BCUT2D eigenvalue weighted by Crippen LogP contribution is 2.33. The maximum Gasteiger partial charge on any atom is 0.451 e. The van der Waals surface area contributed by atoms with Gasteiger partial charge in [0.2, 0.25) is 5.82 Å². The van der Waals surface area contributed by atoms with E-state index in [0.717, 1.165) is 23.8 Å². The Morgan fingerprint density at radius 2 is 1.84 bits per heavy atom. The first-order valence-corrected chi connectivity index (χ1v) is 9.27. The highest BCUT2D eigenvalue weighted by molar-refractivity contribution is 5.94. The van der Waals surface area contributed by atoms with Gasteiger partial charge in [0.15, 0.2) is 0 Å². The summed E-state index contributed by atoms with van der Waals surface area (Å²) in [5.41, 5.74) is 2.76. The second-order valence-corrected chi connectivity index (χ2v) is 6.85. The number of rotatable bonds is 5. The predicted molar refractivity (Wildman–Crippen MR) is 107 cm³/mol. The van der Waals surface area contributed by atoms with Crippen molar-refractivity contribution in [1.29, 1.82) is 0 Å². The summed E-state index contributed by atoms with van der Waals surface area (Å²) in [4.78, 5) is 15.5. The van der Waals surface area contributed by atoms with Crippen molar-refractivity contribution in [3.8, 4) is 11.4 Å². The lowest BCUT2D eigenvalue weighted by atomic mass is 10.1. The largest absolute Gasteiger partial charge is 0.494 e. The standard InChI is InChI=1S/C20H18F3N7O/c1-11-4-5-28-30(11)14-6-15-17(16(7-14)31-3)26-10-27-18(15)29-12(2)13-8-24-19(25-9-13)20(21,22)23/h4-10,12H,1-3H3,(H,26,27,29). The third-order valence-electron chi connectivity index (χ3n) is 4.76. The number of alkyl halides is 3. The molecular weight excluding hydrogens is 411 g/mol. The molecule has 0 saturated heterocycles. The fourth-order valence-electron chi connectivity index (χ4n) is 3.15. The molecule has 160 valence electrons. The van der Waals surface area contributed by atoms with Crippen LogP contribution in [0.2, 0.25) is 0 Å². The second kappa shape index (κ2) is 7.82. The molecule has 3 aromatic heterocycles. The molecule has 1 atom stereocenters. The van der Waals surface area contributed by atoms with Gasteiger partial charge in [-0.05, 0) is 26.0 Å². The fraction of sp³-hybridized carbons (Fsp3) is 0.250. The Balaban J connectivity index is 1.73. The topological polar surface area (TPSA) is 90.6 Å². The molecule has 4 rings (SSSR count). The number of hydrogen-bond acceptors (Lipinski definition) is 7. The summed E-state index contributed by atoms with van der Waals surface area (Å²) in [5, 5.41) is 8.20. The van der Waals surface area contributed by atoms with Gasteiger partial charge in [-0.25, -0.2) is 24.6 Å². The minimum atomic E-state index is -4.59. The van der Waals surface area contributed by atoms with Gasteiger partial charge in [-0.1, -0.05) is 0 Å². The van der Waals surface area contributed by atoms with Crippen molar-refractivity contribution in [3.05, 3.63) is 60.2 Å². The average molecular weight is 429 g/mol. The van der Waals surface area contributed by atoms with E-state index in [1.54, 1.807) is 24.9 Å². The lowest BCUT2D eigenvalue weighted by Gasteiger charge is -2.17. The second-order valence-electron chi connectivity index (χ2n) is 6.85. The number of fused-ring (bicyclic) bond motifs is 1. The summed E-state index contributed by atoms with van der Waals surface area (Å²) in [7, 11) is 1.55. The van der Waals surface area contributed by atoms with E-state index in [1.807, 2.05) is 25.1 Å². The SMILES string of the molecule is COc1cc(-n2nccc2C)cc2c(NC(C)c3cnc(C(F)(F)F)nc3)ncnc12. The van der Waals surface area contributed by atoms with E-state index in [1.165, 1.54) is 6.33 Å². The van der Waals surface area contributed by atoms with E-state index in [-0.39, 0.29) is 0 Å². The van der Waals surface area contributed by atoms with Gasteiger partial charge in [-0.15, -0.1) is 0 Å². The number of halogens is 3. The Morgan fingerprint density at radius 3 is 2.45 bits per heavy atom. The summed E-state index contributed by atoms with van der Waals surface area (Å²) in [6.45, 7) is 3.70. The van der Waals surface area contributed by atoms with Gasteiger partial charge in [-0.3, -0.25) is 0 Å². The van der Waals surface area contributed by atoms with Gasteiger partial charge in [0.1, 0.15) is 23.4 Å². The fourth-order valence-corrected chi connectivity index (χ4v) is 3.15. The third-order valence-corrected chi connectivity index (χ3v) is 4.76. The molecule has 0 fully saturated rings. The molecule has 3 heterocycles. The van der Waals surface area contributed by atoms with Crippen LogP contribution in [0.5, 0.6) is 5.75 Å². The number of nitrogens with zero attached hydrogens (tertiary/aromatic N) is 6. The molecule has 0 aliphatic rings. The minimum absolute atomic E-state index is 0.415. The first-order chi connectivity index (χ1) is 14.8. The van der Waals surface area contributed by atoms with Crippen molar-refractivity contribution in [2.75, 3.05) is 12.4 Å². The summed E-state index contributed by atoms with van der Waals surface area (Å²) in [5.74, 6) is -0.152. The smallest absolute Gasteiger partial charge is 0.451 e. The van der Waals surface area contributed by atoms with Crippen LogP contribution >= 0.6 is 0 Å². The monoisotopic (exact) mass is 429 g/mol. The van der Waals surface area contributed by atoms with Gasteiger partial charge < -0.3 is 10.1 Å². The normalized spacial score (nSPS) is 12.7. The molecule has 0 bridgehead atoms. The lowest BCUT2D eigenvalue weighted by Crippen LogP contribution is -2.14. The maximum atomic E-state index is 12.7. The molecule has 1 N–H and O–H groups in total.